The SMILES string of the molecule is O=P(BO)(c1ccccc1)c1ccccc1. The largest absolute Gasteiger partial charge is 0.446 e. The predicted octanol–water partition coefficient (Wildman–Crippen LogP) is 1.26. The van der Waals surface area contributed by atoms with E-state index in [1.807, 2.05) is 36.4 Å². The second-order valence-corrected chi connectivity index (χ2v) is 6.35. The summed E-state index contributed by atoms with van der Waals surface area (Å²) in [5.41, 5.74) is 0. The van der Waals surface area contributed by atoms with Crippen LogP contribution in [0.15, 0.2) is 60.7 Å². The highest BCUT2D eigenvalue weighted by molar-refractivity contribution is 8.01. The van der Waals surface area contributed by atoms with E-state index >= 15 is 0 Å². The van der Waals surface area contributed by atoms with Gasteiger partial charge in [-0.1, -0.05) is 60.7 Å². The van der Waals surface area contributed by atoms with Crippen LogP contribution in [0.25, 0.3) is 0 Å². The molecule has 0 radical (unpaired) electrons. The van der Waals surface area contributed by atoms with E-state index in [-0.39, 0.29) is 7.20 Å². The molecule has 0 aliphatic carbocycles. The second kappa shape index (κ2) is 4.69. The Morgan fingerprint density at radius 1 is 0.812 bits per heavy atom. The molecule has 0 spiro atoms. The van der Waals surface area contributed by atoms with E-state index in [1.165, 1.54) is 0 Å². The van der Waals surface area contributed by atoms with Gasteiger partial charge in [0.1, 0.15) is 7.02 Å². The minimum absolute atomic E-state index is 0.332. The minimum Gasteiger partial charge on any atom is -0.446 e. The normalized spacial score (nSPS) is 11.1. The molecule has 4 heteroatoms. The van der Waals surface area contributed by atoms with Gasteiger partial charge in [-0.05, 0) is 0 Å². The average Bonchev–Trinajstić information content (AvgIpc) is 2.40. The molecule has 0 heterocycles. The molecule has 0 amide bonds. The summed E-state index contributed by atoms with van der Waals surface area (Å²) in [6.45, 7) is 0. The predicted molar refractivity (Wildman–Crippen MR) is 69.1 cm³/mol. The maximum atomic E-state index is 12.7. The van der Waals surface area contributed by atoms with E-state index in [0.717, 1.165) is 0 Å². The Kier molecular flexibility index (Phi) is 3.28. The molecule has 0 atom stereocenters. The van der Waals surface area contributed by atoms with Gasteiger partial charge in [0.2, 0.25) is 0 Å². The van der Waals surface area contributed by atoms with Crippen molar-refractivity contribution < 1.29 is 9.59 Å². The Bertz CT molecular complexity index is 455. The van der Waals surface area contributed by atoms with Crippen molar-refractivity contribution in [2.24, 2.45) is 0 Å². The van der Waals surface area contributed by atoms with Crippen molar-refractivity contribution in [3.05, 3.63) is 60.7 Å². The van der Waals surface area contributed by atoms with Crippen molar-refractivity contribution in [2.45, 2.75) is 0 Å². The molecule has 2 aromatic carbocycles. The van der Waals surface area contributed by atoms with Gasteiger partial charge in [0, 0.05) is 10.6 Å². The summed E-state index contributed by atoms with van der Waals surface area (Å²) in [6, 6.07) is 18.3. The van der Waals surface area contributed by atoms with Crippen LogP contribution in [0.3, 0.4) is 0 Å². The van der Waals surface area contributed by atoms with Gasteiger partial charge < -0.3 is 9.59 Å². The Morgan fingerprint density at radius 2 is 1.19 bits per heavy atom. The lowest BCUT2D eigenvalue weighted by atomic mass is 10.4. The Balaban J connectivity index is 2.54. The first-order valence-corrected chi connectivity index (χ1v) is 6.98. The van der Waals surface area contributed by atoms with E-state index < -0.39 is 7.02 Å². The molecule has 0 aromatic heterocycles. The maximum Gasteiger partial charge on any atom is 0.354 e. The average molecular weight is 230 g/mol. The summed E-state index contributed by atoms with van der Waals surface area (Å²) < 4.78 is 12.7. The zero-order chi connectivity index (χ0) is 11.4. The minimum atomic E-state index is -2.85. The quantitative estimate of drug-likeness (QED) is 0.636. The number of hydrogen-bond donors (Lipinski definition) is 1. The Morgan fingerprint density at radius 3 is 1.50 bits per heavy atom. The number of benzene rings is 2. The van der Waals surface area contributed by atoms with Gasteiger partial charge in [-0.3, -0.25) is 0 Å². The molecule has 2 aromatic rings. The zero-order valence-electron chi connectivity index (χ0n) is 8.78. The van der Waals surface area contributed by atoms with Crippen LogP contribution in [0, 0.1) is 0 Å². The van der Waals surface area contributed by atoms with Gasteiger partial charge in [0.25, 0.3) is 0 Å². The standard InChI is InChI=1S/C12H12BO2P/c14-13-16(15,11-7-3-1-4-8-11)12-9-5-2-6-10-12/h1-10,13-14H. The third-order valence-corrected chi connectivity index (χ3v) is 5.21. The molecule has 1 N–H and O–H groups in total. The molecule has 2 rings (SSSR count). The summed E-state index contributed by atoms with van der Waals surface area (Å²) in [4.78, 5) is 0. The zero-order valence-corrected chi connectivity index (χ0v) is 9.68. The van der Waals surface area contributed by atoms with Gasteiger partial charge in [-0.15, -0.1) is 0 Å². The van der Waals surface area contributed by atoms with Gasteiger partial charge in [0.05, 0.1) is 0 Å². The molecule has 0 saturated carbocycles. The summed E-state index contributed by atoms with van der Waals surface area (Å²) in [7, 11) is -3.18. The summed E-state index contributed by atoms with van der Waals surface area (Å²) >= 11 is 0. The van der Waals surface area contributed by atoms with E-state index in [2.05, 4.69) is 0 Å². The summed E-state index contributed by atoms with van der Waals surface area (Å²) in [6.07, 6.45) is 0. The molecule has 0 aliphatic rings. The van der Waals surface area contributed by atoms with Crippen molar-refractivity contribution >= 4 is 24.8 Å². The first kappa shape index (κ1) is 11.2. The molecule has 0 aliphatic heterocycles. The van der Waals surface area contributed by atoms with Crippen molar-refractivity contribution in [3.8, 4) is 0 Å². The van der Waals surface area contributed by atoms with Crippen molar-refractivity contribution in [1.82, 2.24) is 0 Å². The van der Waals surface area contributed by atoms with Crippen LogP contribution in [-0.2, 0) is 4.57 Å². The molecule has 0 saturated heterocycles. The molecule has 2 nitrogen and oxygen atoms in total. The van der Waals surface area contributed by atoms with E-state index in [4.69, 9.17) is 0 Å². The fourth-order valence-electron chi connectivity index (χ4n) is 1.65. The fourth-order valence-corrected chi connectivity index (χ4v) is 3.58. The van der Waals surface area contributed by atoms with Gasteiger partial charge in [0.15, 0.2) is 0 Å². The van der Waals surface area contributed by atoms with Crippen LogP contribution in [0.5, 0.6) is 0 Å². The van der Waals surface area contributed by atoms with Gasteiger partial charge >= 0.3 is 7.20 Å². The van der Waals surface area contributed by atoms with Crippen LogP contribution in [0.4, 0.5) is 0 Å². The highest BCUT2D eigenvalue weighted by Crippen LogP contribution is 2.39. The molecule has 80 valence electrons. The molecule has 16 heavy (non-hydrogen) atoms. The van der Waals surface area contributed by atoms with Crippen LogP contribution >= 0.6 is 7.02 Å². The second-order valence-electron chi connectivity index (χ2n) is 3.55. The van der Waals surface area contributed by atoms with Gasteiger partial charge in [-0.25, -0.2) is 0 Å². The molecular formula is C12H12BO2P. The van der Waals surface area contributed by atoms with Gasteiger partial charge in [-0.2, -0.15) is 0 Å². The lowest BCUT2D eigenvalue weighted by Crippen LogP contribution is -2.19. The van der Waals surface area contributed by atoms with Crippen molar-refractivity contribution in [1.29, 1.82) is 0 Å². The maximum absolute atomic E-state index is 12.7. The summed E-state index contributed by atoms with van der Waals surface area (Å²) in [5, 5.41) is 10.8. The number of rotatable bonds is 3. The highest BCUT2D eigenvalue weighted by atomic mass is 31.2. The fraction of sp³-hybridized carbons (Fsp3) is 0. The lowest BCUT2D eigenvalue weighted by Gasteiger charge is -2.15. The monoisotopic (exact) mass is 230 g/mol. The van der Waals surface area contributed by atoms with Crippen LogP contribution in [0.2, 0.25) is 0 Å². The van der Waals surface area contributed by atoms with E-state index in [1.54, 1.807) is 24.3 Å². The highest BCUT2D eigenvalue weighted by Gasteiger charge is 2.27. The summed E-state index contributed by atoms with van der Waals surface area (Å²) in [5.74, 6) is 0. The molecular weight excluding hydrogens is 218 g/mol. The van der Waals surface area contributed by atoms with E-state index in [9.17, 15) is 9.59 Å². The first-order valence-electron chi connectivity index (χ1n) is 5.08. The smallest absolute Gasteiger partial charge is 0.354 e. The third-order valence-electron chi connectivity index (χ3n) is 2.55. The van der Waals surface area contributed by atoms with Crippen molar-refractivity contribution in [2.75, 3.05) is 0 Å². The third kappa shape index (κ3) is 1.97. The molecule has 0 fully saturated rings. The first-order chi connectivity index (χ1) is 7.77. The molecule has 0 unspecified atom stereocenters. The Labute approximate surface area is 95.6 Å². The molecule has 0 bridgehead atoms. The number of hydrogen-bond acceptors (Lipinski definition) is 2. The van der Waals surface area contributed by atoms with Crippen molar-refractivity contribution in [3.63, 3.8) is 0 Å². The topological polar surface area (TPSA) is 37.3 Å². The van der Waals surface area contributed by atoms with Crippen LogP contribution < -0.4 is 10.6 Å². The Hall–Kier alpha value is -1.31. The lowest BCUT2D eigenvalue weighted by molar-refractivity contribution is 0.580. The van der Waals surface area contributed by atoms with Crippen LogP contribution in [0.1, 0.15) is 0 Å². The van der Waals surface area contributed by atoms with E-state index in [0.29, 0.717) is 10.6 Å². The van der Waals surface area contributed by atoms with Crippen LogP contribution in [-0.4, -0.2) is 12.2 Å².